The summed E-state index contributed by atoms with van der Waals surface area (Å²) in [5.41, 5.74) is 0.911. The van der Waals surface area contributed by atoms with Crippen LogP contribution < -0.4 is 5.32 Å². The van der Waals surface area contributed by atoms with Gasteiger partial charge in [-0.15, -0.1) is 0 Å². The predicted molar refractivity (Wildman–Crippen MR) is 72.1 cm³/mol. The lowest BCUT2D eigenvalue weighted by molar-refractivity contribution is 0.296. The Morgan fingerprint density at radius 1 is 1.35 bits per heavy atom. The molecule has 0 aliphatic rings. The predicted octanol–water partition coefficient (Wildman–Crippen LogP) is 2.68. The first-order chi connectivity index (χ1) is 8.24. The van der Waals surface area contributed by atoms with Crippen LogP contribution in [-0.2, 0) is 6.54 Å². The first-order valence-corrected chi connectivity index (χ1v) is 7.10. The summed E-state index contributed by atoms with van der Waals surface area (Å²) < 4.78 is 12.8. The lowest BCUT2D eigenvalue weighted by Crippen LogP contribution is -2.17. The molecule has 0 aliphatic carbocycles. The van der Waals surface area contributed by atoms with E-state index in [0.29, 0.717) is 11.6 Å². The Bertz CT molecular complexity index is 338. The highest BCUT2D eigenvalue weighted by Crippen LogP contribution is 2.16. The number of benzene rings is 1. The Labute approximate surface area is 111 Å². The third kappa shape index (κ3) is 6.27. The number of nitrogens with one attached hydrogen (secondary N) is 1. The minimum absolute atomic E-state index is 0.256. The molecule has 0 bridgehead atoms. The zero-order valence-electron chi connectivity index (χ0n) is 9.59. The molecule has 0 aromatic heterocycles. The van der Waals surface area contributed by atoms with Gasteiger partial charge in [0.25, 0.3) is 0 Å². The molecule has 5 heteroatoms. The number of rotatable bonds is 8. The molecular formula is C12H17ClFNOS. The summed E-state index contributed by atoms with van der Waals surface area (Å²) in [7, 11) is 0. The minimum atomic E-state index is -0.307. The molecule has 0 spiro atoms. The molecule has 0 radical (unpaired) electrons. The number of hydrogen-bond donors (Lipinski definition) is 2. The van der Waals surface area contributed by atoms with E-state index in [0.717, 1.165) is 30.0 Å². The van der Waals surface area contributed by atoms with E-state index in [1.165, 1.54) is 12.1 Å². The summed E-state index contributed by atoms with van der Waals surface area (Å²) >= 11 is 7.70. The van der Waals surface area contributed by atoms with E-state index >= 15 is 0 Å². The van der Waals surface area contributed by atoms with Crippen LogP contribution in [0.4, 0.5) is 4.39 Å². The van der Waals surface area contributed by atoms with Crippen molar-refractivity contribution in [3.05, 3.63) is 34.6 Å². The van der Waals surface area contributed by atoms with E-state index in [1.54, 1.807) is 17.8 Å². The molecule has 0 aliphatic heterocycles. The third-order valence-corrected chi connectivity index (χ3v) is 3.62. The zero-order chi connectivity index (χ0) is 12.5. The smallest absolute Gasteiger partial charge is 0.124 e. The van der Waals surface area contributed by atoms with Gasteiger partial charge in [-0.2, -0.15) is 11.8 Å². The fraction of sp³-hybridized carbons (Fsp3) is 0.500. The van der Waals surface area contributed by atoms with Crippen molar-refractivity contribution in [3.8, 4) is 0 Å². The van der Waals surface area contributed by atoms with Crippen molar-refractivity contribution in [2.45, 2.75) is 13.0 Å². The van der Waals surface area contributed by atoms with Gasteiger partial charge < -0.3 is 10.4 Å². The molecule has 0 saturated heterocycles. The fourth-order valence-electron chi connectivity index (χ4n) is 1.30. The van der Waals surface area contributed by atoms with Gasteiger partial charge in [-0.25, -0.2) is 4.39 Å². The van der Waals surface area contributed by atoms with Crippen LogP contribution in [0.15, 0.2) is 18.2 Å². The molecule has 0 heterocycles. The number of aliphatic hydroxyl groups is 1. The molecular weight excluding hydrogens is 261 g/mol. The van der Waals surface area contributed by atoms with Gasteiger partial charge in [-0.05, 0) is 29.9 Å². The summed E-state index contributed by atoms with van der Waals surface area (Å²) in [5.74, 6) is 1.67. The second kappa shape index (κ2) is 8.75. The van der Waals surface area contributed by atoms with E-state index in [-0.39, 0.29) is 12.4 Å². The average molecular weight is 278 g/mol. The first-order valence-electron chi connectivity index (χ1n) is 5.57. The molecule has 0 amide bonds. The maximum Gasteiger partial charge on any atom is 0.124 e. The molecule has 2 nitrogen and oxygen atoms in total. The Balaban J connectivity index is 2.14. The summed E-state index contributed by atoms with van der Waals surface area (Å²) in [5, 5.41) is 12.3. The monoisotopic (exact) mass is 277 g/mol. The average Bonchev–Trinajstić information content (AvgIpc) is 2.30. The first kappa shape index (κ1) is 14.8. The molecule has 0 atom stereocenters. The summed E-state index contributed by atoms with van der Waals surface area (Å²) in [4.78, 5) is 0. The molecule has 0 saturated carbocycles. The van der Waals surface area contributed by atoms with E-state index in [2.05, 4.69) is 5.32 Å². The number of hydrogen-bond acceptors (Lipinski definition) is 3. The van der Waals surface area contributed by atoms with Crippen LogP contribution in [0.5, 0.6) is 0 Å². The van der Waals surface area contributed by atoms with Crippen molar-refractivity contribution in [3.63, 3.8) is 0 Å². The van der Waals surface area contributed by atoms with Gasteiger partial charge in [0.1, 0.15) is 5.82 Å². The van der Waals surface area contributed by atoms with Crippen LogP contribution in [0.3, 0.4) is 0 Å². The van der Waals surface area contributed by atoms with Crippen molar-refractivity contribution >= 4 is 23.4 Å². The third-order valence-electron chi connectivity index (χ3n) is 2.20. The van der Waals surface area contributed by atoms with E-state index in [4.69, 9.17) is 16.7 Å². The topological polar surface area (TPSA) is 32.3 Å². The lowest BCUT2D eigenvalue weighted by Gasteiger charge is -2.06. The molecule has 1 rings (SSSR count). The van der Waals surface area contributed by atoms with E-state index in [1.807, 2.05) is 0 Å². The maximum atomic E-state index is 12.8. The quantitative estimate of drug-likeness (QED) is 0.717. The molecule has 0 unspecified atom stereocenters. The zero-order valence-corrected chi connectivity index (χ0v) is 11.2. The Morgan fingerprint density at radius 3 is 2.88 bits per heavy atom. The number of halogens is 2. The van der Waals surface area contributed by atoms with Gasteiger partial charge >= 0.3 is 0 Å². The van der Waals surface area contributed by atoms with Crippen LogP contribution in [-0.4, -0.2) is 29.8 Å². The normalized spacial score (nSPS) is 10.8. The van der Waals surface area contributed by atoms with Crippen molar-refractivity contribution < 1.29 is 9.50 Å². The number of thioether (sulfide) groups is 1. The fourth-order valence-corrected chi connectivity index (χ4v) is 2.36. The molecule has 1 aromatic rings. The highest BCUT2D eigenvalue weighted by molar-refractivity contribution is 7.99. The highest BCUT2D eigenvalue weighted by atomic mass is 35.5. The van der Waals surface area contributed by atoms with Gasteiger partial charge in [-0.3, -0.25) is 0 Å². The molecule has 96 valence electrons. The molecule has 2 N–H and O–H groups in total. The Hall–Kier alpha value is -0.290. The number of aliphatic hydroxyl groups excluding tert-OH is 1. The molecule has 17 heavy (non-hydrogen) atoms. The summed E-state index contributed by atoms with van der Waals surface area (Å²) in [6.45, 7) is 1.79. The minimum Gasteiger partial charge on any atom is -0.396 e. The van der Waals surface area contributed by atoms with Crippen LogP contribution in [0.1, 0.15) is 12.0 Å². The van der Waals surface area contributed by atoms with Gasteiger partial charge in [0.05, 0.1) is 0 Å². The second-order valence-electron chi connectivity index (χ2n) is 3.60. The Kier molecular flexibility index (Phi) is 7.60. The Morgan fingerprint density at radius 2 is 2.18 bits per heavy atom. The molecule has 0 fully saturated rings. The maximum absolute atomic E-state index is 12.8. The summed E-state index contributed by atoms with van der Waals surface area (Å²) in [6, 6.07) is 4.44. The van der Waals surface area contributed by atoms with Gasteiger partial charge in [0.15, 0.2) is 0 Å². The van der Waals surface area contributed by atoms with Crippen molar-refractivity contribution in [2.75, 3.05) is 24.7 Å². The van der Waals surface area contributed by atoms with E-state index < -0.39 is 0 Å². The lowest BCUT2D eigenvalue weighted by atomic mass is 10.2. The van der Waals surface area contributed by atoms with Crippen LogP contribution in [0.2, 0.25) is 5.02 Å². The highest BCUT2D eigenvalue weighted by Gasteiger charge is 2.01. The van der Waals surface area contributed by atoms with Crippen molar-refractivity contribution in [1.82, 2.24) is 5.32 Å². The van der Waals surface area contributed by atoms with Gasteiger partial charge in [-0.1, -0.05) is 17.7 Å². The van der Waals surface area contributed by atoms with Crippen molar-refractivity contribution in [2.24, 2.45) is 0 Å². The van der Waals surface area contributed by atoms with Crippen LogP contribution >= 0.6 is 23.4 Å². The van der Waals surface area contributed by atoms with Crippen molar-refractivity contribution in [1.29, 1.82) is 0 Å². The molecule has 1 aromatic carbocycles. The summed E-state index contributed by atoms with van der Waals surface area (Å²) in [6.07, 6.45) is 0.842. The SMILES string of the molecule is OCCCSCCNCc1ccc(F)cc1Cl. The van der Waals surface area contributed by atoms with Gasteiger partial charge in [0.2, 0.25) is 0 Å². The standard InChI is InChI=1S/C12H17ClFNOS/c13-12-8-11(14)3-2-10(12)9-15-4-7-17-6-1-5-16/h2-3,8,15-16H,1,4-7,9H2. The van der Waals surface area contributed by atoms with Crippen LogP contribution in [0.25, 0.3) is 0 Å². The van der Waals surface area contributed by atoms with Gasteiger partial charge in [0, 0.05) is 30.5 Å². The van der Waals surface area contributed by atoms with E-state index in [9.17, 15) is 4.39 Å². The largest absolute Gasteiger partial charge is 0.396 e. The van der Waals surface area contributed by atoms with Crippen LogP contribution in [0, 0.1) is 5.82 Å². The second-order valence-corrected chi connectivity index (χ2v) is 5.23.